The first-order chi connectivity index (χ1) is 12.6. The van der Waals surface area contributed by atoms with Crippen LogP contribution in [0.15, 0.2) is 65.8 Å². The summed E-state index contributed by atoms with van der Waals surface area (Å²) in [4.78, 5) is 17.2. The molecule has 1 aliphatic rings. The Labute approximate surface area is 151 Å². The van der Waals surface area contributed by atoms with Gasteiger partial charge >= 0.3 is 0 Å². The van der Waals surface area contributed by atoms with Crippen molar-refractivity contribution in [3.05, 3.63) is 60.9 Å². The number of fused-ring (bicyclic) bond motifs is 1. The highest BCUT2D eigenvalue weighted by atomic mass is 32.2. The maximum Gasteiger partial charge on any atom is 0.257 e. The number of hydrogen-bond donors (Lipinski definition) is 1. The predicted molar refractivity (Wildman–Crippen MR) is 97.5 cm³/mol. The molecular formula is C18H18N4O3S. The zero-order chi connectivity index (χ0) is 18.1. The van der Waals surface area contributed by atoms with E-state index in [9.17, 15) is 13.2 Å². The number of carbonyl (C=O) groups excluding carboxylic acids is 1. The van der Waals surface area contributed by atoms with E-state index in [1.54, 1.807) is 30.3 Å². The highest BCUT2D eigenvalue weighted by molar-refractivity contribution is 7.89. The standard InChI is InChI=1S/C18H18N4O3S/c23-18(20-21-13-19-15-9-4-5-10-16(15)21)17-11-6-12-22(17)26(24,25)14-7-2-1-3-8-14/h1-5,7-10,13,17H,6,11-12H2,(H,20,23). The topological polar surface area (TPSA) is 84.3 Å². The molecule has 134 valence electrons. The third-order valence-corrected chi connectivity index (χ3v) is 6.46. The fourth-order valence-corrected chi connectivity index (χ4v) is 4.94. The van der Waals surface area contributed by atoms with E-state index >= 15 is 0 Å². The summed E-state index contributed by atoms with van der Waals surface area (Å²) in [6.07, 6.45) is 2.66. The molecule has 4 rings (SSSR count). The van der Waals surface area contributed by atoms with Gasteiger partial charge in [0.1, 0.15) is 12.4 Å². The van der Waals surface area contributed by atoms with Crippen LogP contribution in [0.5, 0.6) is 0 Å². The maximum absolute atomic E-state index is 12.9. The fourth-order valence-electron chi connectivity index (χ4n) is 3.26. The van der Waals surface area contributed by atoms with Crippen molar-refractivity contribution >= 4 is 27.0 Å². The molecule has 7 nitrogen and oxygen atoms in total. The molecular weight excluding hydrogens is 352 g/mol. The van der Waals surface area contributed by atoms with Crippen LogP contribution in [0.2, 0.25) is 0 Å². The zero-order valence-corrected chi connectivity index (χ0v) is 14.8. The van der Waals surface area contributed by atoms with E-state index in [1.807, 2.05) is 24.3 Å². The second-order valence-electron chi connectivity index (χ2n) is 6.17. The number of para-hydroxylation sites is 2. The number of nitrogens with zero attached hydrogens (tertiary/aromatic N) is 3. The molecule has 26 heavy (non-hydrogen) atoms. The second kappa shape index (κ2) is 6.54. The normalized spacial score (nSPS) is 18.2. The number of benzene rings is 2. The average Bonchev–Trinajstić information content (AvgIpc) is 3.30. The molecule has 1 atom stereocenters. The van der Waals surface area contributed by atoms with Crippen LogP contribution in [0.25, 0.3) is 11.0 Å². The number of carbonyl (C=O) groups is 1. The van der Waals surface area contributed by atoms with E-state index in [-0.39, 0.29) is 10.8 Å². The molecule has 1 N–H and O–H groups in total. The van der Waals surface area contributed by atoms with Gasteiger partial charge in [0, 0.05) is 6.54 Å². The van der Waals surface area contributed by atoms with E-state index in [2.05, 4.69) is 10.4 Å². The largest absolute Gasteiger partial charge is 0.271 e. The number of imidazole rings is 1. The van der Waals surface area contributed by atoms with Crippen LogP contribution in [0, 0.1) is 0 Å². The van der Waals surface area contributed by atoms with Gasteiger partial charge in [-0.15, -0.1) is 0 Å². The predicted octanol–water partition coefficient (Wildman–Crippen LogP) is 1.96. The van der Waals surface area contributed by atoms with E-state index in [0.29, 0.717) is 19.4 Å². The molecule has 0 aliphatic carbocycles. The molecule has 8 heteroatoms. The Bertz CT molecular complexity index is 1050. The smallest absolute Gasteiger partial charge is 0.257 e. The fraction of sp³-hybridized carbons (Fsp3) is 0.222. The third-order valence-electron chi connectivity index (χ3n) is 4.54. The number of aromatic nitrogens is 2. The second-order valence-corrected chi connectivity index (χ2v) is 8.06. The SMILES string of the molecule is O=C(Nn1cnc2ccccc21)C1CCCN1S(=O)(=O)c1ccccc1. The lowest BCUT2D eigenvalue weighted by atomic mass is 10.2. The van der Waals surface area contributed by atoms with Crippen LogP contribution in [-0.2, 0) is 14.8 Å². The van der Waals surface area contributed by atoms with Gasteiger partial charge < -0.3 is 0 Å². The summed E-state index contributed by atoms with van der Waals surface area (Å²) in [6, 6.07) is 14.9. The number of amides is 1. The number of sulfonamides is 1. The molecule has 0 saturated carbocycles. The van der Waals surface area contributed by atoms with Gasteiger partial charge in [-0.2, -0.15) is 4.31 Å². The molecule has 3 aromatic rings. The molecule has 0 radical (unpaired) electrons. The van der Waals surface area contributed by atoms with Gasteiger partial charge in [-0.05, 0) is 37.1 Å². The van der Waals surface area contributed by atoms with Gasteiger partial charge in [0.2, 0.25) is 10.0 Å². The Kier molecular flexibility index (Phi) is 4.21. The summed E-state index contributed by atoms with van der Waals surface area (Å²) in [5.74, 6) is -0.356. The first-order valence-electron chi connectivity index (χ1n) is 8.37. The minimum absolute atomic E-state index is 0.202. The van der Waals surface area contributed by atoms with Gasteiger partial charge in [0.05, 0.1) is 15.9 Å². The first-order valence-corrected chi connectivity index (χ1v) is 9.81. The monoisotopic (exact) mass is 370 g/mol. The summed E-state index contributed by atoms with van der Waals surface area (Å²) < 4.78 is 28.6. The summed E-state index contributed by atoms with van der Waals surface area (Å²) in [6.45, 7) is 0.333. The molecule has 1 unspecified atom stereocenters. The Morgan fingerprint density at radius 2 is 1.81 bits per heavy atom. The minimum Gasteiger partial charge on any atom is -0.271 e. The lowest BCUT2D eigenvalue weighted by Crippen LogP contribution is -2.44. The number of rotatable bonds is 4. The summed E-state index contributed by atoms with van der Waals surface area (Å²) in [5.41, 5.74) is 4.29. The molecule has 1 amide bonds. The van der Waals surface area contributed by atoms with Crippen molar-refractivity contribution in [3.8, 4) is 0 Å². The van der Waals surface area contributed by atoms with Crippen molar-refractivity contribution in [3.63, 3.8) is 0 Å². The zero-order valence-electron chi connectivity index (χ0n) is 13.9. The van der Waals surface area contributed by atoms with E-state index in [0.717, 1.165) is 11.0 Å². The molecule has 1 aromatic heterocycles. The van der Waals surface area contributed by atoms with Crippen LogP contribution in [0.4, 0.5) is 0 Å². The van der Waals surface area contributed by atoms with E-state index < -0.39 is 16.1 Å². The van der Waals surface area contributed by atoms with Crippen molar-refractivity contribution in [2.45, 2.75) is 23.8 Å². The van der Waals surface area contributed by atoms with Gasteiger partial charge in [0.25, 0.3) is 5.91 Å². The Hall–Kier alpha value is -2.71. The third kappa shape index (κ3) is 2.87. The first kappa shape index (κ1) is 16.7. The number of hydrogen-bond acceptors (Lipinski definition) is 4. The van der Waals surface area contributed by atoms with Gasteiger partial charge in [-0.3, -0.25) is 10.2 Å². The highest BCUT2D eigenvalue weighted by Gasteiger charge is 2.39. The molecule has 1 saturated heterocycles. The highest BCUT2D eigenvalue weighted by Crippen LogP contribution is 2.26. The maximum atomic E-state index is 12.9. The van der Waals surface area contributed by atoms with Crippen LogP contribution in [0.3, 0.4) is 0 Å². The van der Waals surface area contributed by atoms with Crippen LogP contribution < -0.4 is 5.43 Å². The lowest BCUT2D eigenvalue weighted by molar-refractivity contribution is -0.120. The lowest BCUT2D eigenvalue weighted by Gasteiger charge is -2.23. The molecule has 0 bridgehead atoms. The Morgan fingerprint density at radius 1 is 1.08 bits per heavy atom. The van der Waals surface area contributed by atoms with Crippen molar-refractivity contribution in [1.82, 2.24) is 14.0 Å². The summed E-state index contributed by atoms with van der Waals surface area (Å²) in [7, 11) is -3.71. The van der Waals surface area contributed by atoms with E-state index in [1.165, 1.54) is 15.3 Å². The minimum atomic E-state index is -3.71. The van der Waals surface area contributed by atoms with Crippen molar-refractivity contribution in [2.24, 2.45) is 0 Å². The Morgan fingerprint density at radius 3 is 2.62 bits per heavy atom. The average molecular weight is 370 g/mol. The van der Waals surface area contributed by atoms with Crippen LogP contribution >= 0.6 is 0 Å². The molecule has 0 spiro atoms. The molecule has 2 heterocycles. The summed E-state index contributed by atoms with van der Waals surface area (Å²) >= 11 is 0. The van der Waals surface area contributed by atoms with Crippen LogP contribution in [0.1, 0.15) is 12.8 Å². The number of nitrogens with one attached hydrogen (secondary N) is 1. The Balaban J connectivity index is 1.59. The van der Waals surface area contributed by atoms with E-state index in [4.69, 9.17) is 0 Å². The van der Waals surface area contributed by atoms with Crippen molar-refractivity contribution in [1.29, 1.82) is 0 Å². The van der Waals surface area contributed by atoms with Gasteiger partial charge in [0.15, 0.2) is 0 Å². The summed E-state index contributed by atoms with van der Waals surface area (Å²) in [5, 5.41) is 0. The van der Waals surface area contributed by atoms with Gasteiger partial charge in [-0.1, -0.05) is 30.3 Å². The molecule has 1 aliphatic heterocycles. The molecule has 1 fully saturated rings. The van der Waals surface area contributed by atoms with Crippen molar-refractivity contribution < 1.29 is 13.2 Å². The quantitative estimate of drug-likeness (QED) is 0.761. The molecule has 2 aromatic carbocycles. The van der Waals surface area contributed by atoms with Crippen molar-refractivity contribution in [2.75, 3.05) is 12.0 Å². The van der Waals surface area contributed by atoms with Gasteiger partial charge in [-0.25, -0.2) is 18.1 Å². The van der Waals surface area contributed by atoms with Crippen LogP contribution in [-0.4, -0.2) is 40.9 Å².